The predicted octanol–water partition coefficient (Wildman–Crippen LogP) is 2.66. The Bertz CT molecular complexity index is 649. The summed E-state index contributed by atoms with van der Waals surface area (Å²) in [6.07, 6.45) is 0. The minimum absolute atomic E-state index is 0.114. The van der Waals surface area contributed by atoms with Crippen LogP contribution >= 0.6 is 11.3 Å². The van der Waals surface area contributed by atoms with E-state index in [1.807, 2.05) is 31.1 Å². The van der Waals surface area contributed by atoms with Crippen molar-refractivity contribution in [1.82, 2.24) is 4.98 Å². The number of hydrogen-bond donors (Lipinski definition) is 1. The predicted molar refractivity (Wildman–Crippen MR) is 80.8 cm³/mol. The molecule has 0 fully saturated rings. The van der Waals surface area contributed by atoms with Crippen LogP contribution in [0.4, 0.5) is 10.8 Å². The Hall–Kier alpha value is -2.21. The molecular formula is C14H15N3O2S. The molecule has 2 aromatic rings. The number of carbonyl (C=O) groups excluding carboxylic acids is 2. The van der Waals surface area contributed by atoms with Crippen molar-refractivity contribution in [1.29, 1.82) is 0 Å². The third kappa shape index (κ3) is 3.21. The van der Waals surface area contributed by atoms with Crippen molar-refractivity contribution in [2.24, 2.45) is 0 Å². The number of nitrogens with one attached hydrogen (secondary N) is 1. The molecule has 0 radical (unpaired) electrons. The van der Waals surface area contributed by atoms with Crippen LogP contribution in [0.25, 0.3) is 0 Å². The summed E-state index contributed by atoms with van der Waals surface area (Å²) in [7, 11) is 3.83. The molecule has 0 aliphatic heterocycles. The zero-order valence-corrected chi connectivity index (χ0v) is 12.3. The highest BCUT2D eigenvalue weighted by Crippen LogP contribution is 2.18. The highest BCUT2D eigenvalue weighted by Gasteiger charge is 2.11. The molecule has 1 aromatic carbocycles. The Labute approximate surface area is 121 Å². The molecule has 0 aliphatic carbocycles. The van der Waals surface area contributed by atoms with Gasteiger partial charge in [-0.3, -0.25) is 14.9 Å². The number of amides is 1. The molecule has 1 N–H and O–H groups in total. The van der Waals surface area contributed by atoms with E-state index in [-0.39, 0.29) is 11.7 Å². The summed E-state index contributed by atoms with van der Waals surface area (Å²) in [6.45, 7) is 1.45. The van der Waals surface area contributed by atoms with Crippen molar-refractivity contribution in [3.63, 3.8) is 0 Å². The summed E-state index contributed by atoms with van der Waals surface area (Å²) in [5.41, 5.74) is 1.87. The van der Waals surface area contributed by atoms with Gasteiger partial charge in [0.1, 0.15) is 5.69 Å². The van der Waals surface area contributed by atoms with Crippen LogP contribution in [0.2, 0.25) is 0 Å². The molecule has 2 rings (SSSR count). The van der Waals surface area contributed by atoms with E-state index in [2.05, 4.69) is 10.3 Å². The van der Waals surface area contributed by atoms with Crippen molar-refractivity contribution in [3.05, 3.63) is 40.9 Å². The zero-order chi connectivity index (χ0) is 14.7. The molecule has 5 nitrogen and oxygen atoms in total. The number of ketones is 1. The molecule has 0 spiro atoms. The molecule has 0 aliphatic rings. The molecule has 0 unspecified atom stereocenters. The third-order valence-corrected chi connectivity index (χ3v) is 3.47. The number of hydrogen-bond acceptors (Lipinski definition) is 5. The van der Waals surface area contributed by atoms with E-state index in [1.165, 1.54) is 18.3 Å². The number of nitrogens with zero attached hydrogens (tertiary/aromatic N) is 2. The number of anilines is 2. The molecule has 1 amide bonds. The normalized spacial score (nSPS) is 10.2. The van der Waals surface area contributed by atoms with E-state index < -0.39 is 0 Å². The molecule has 6 heteroatoms. The number of benzene rings is 1. The minimum Gasteiger partial charge on any atom is -0.378 e. The van der Waals surface area contributed by atoms with Gasteiger partial charge in [-0.2, -0.15) is 0 Å². The maximum absolute atomic E-state index is 12.1. The average molecular weight is 289 g/mol. The molecule has 1 aromatic heterocycles. The average Bonchev–Trinajstić information content (AvgIpc) is 2.87. The summed E-state index contributed by atoms with van der Waals surface area (Å²) < 4.78 is 0. The molecule has 20 heavy (non-hydrogen) atoms. The van der Waals surface area contributed by atoms with Gasteiger partial charge in [0, 0.05) is 37.6 Å². The standard InChI is InChI=1S/C14H15N3O2S/c1-9(18)12-8-20-14(15-12)16-13(19)10-5-4-6-11(7-10)17(2)3/h4-8H,1-3H3,(H,15,16,19). The van der Waals surface area contributed by atoms with E-state index >= 15 is 0 Å². The lowest BCUT2D eigenvalue weighted by atomic mass is 10.2. The van der Waals surface area contributed by atoms with Crippen LogP contribution in [0.1, 0.15) is 27.8 Å². The number of rotatable bonds is 4. The van der Waals surface area contributed by atoms with Gasteiger partial charge in [-0.15, -0.1) is 11.3 Å². The van der Waals surface area contributed by atoms with Crippen LogP contribution in [-0.4, -0.2) is 30.8 Å². The Morgan fingerprint density at radius 3 is 2.65 bits per heavy atom. The monoisotopic (exact) mass is 289 g/mol. The summed E-state index contributed by atoms with van der Waals surface area (Å²) >= 11 is 1.24. The van der Waals surface area contributed by atoms with Gasteiger partial charge >= 0.3 is 0 Å². The van der Waals surface area contributed by atoms with E-state index in [0.717, 1.165) is 5.69 Å². The van der Waals surface area contributed by atoms with Gasteiger partial charge < -0.3 is 4.90 Å². The van der Waals surface area contributed by atoms with Gasteiger partial charge in [-0.05, 0) is 18.2 Å². The van der Waals surface area contributed by atoms with Gasteiger partial charge in [0.15, 0.2) is 10.9 Å². The largest absolute Gasteiger partial charge is 0.378 e. The Morgan fingerprint density at radius 1 is 1.30 bits per heavy atom. The zero-order valence-electron chi connectivity index (χ0n) is 11.5. The van der Waals surface area contributed by atoms with Crippen molar-refractivity contribution < 1.29 is 9.59 Å². The van der Waals surface area contributed by atoms with Gasteiger partial charge in [0.2, 0.25) is 0 Å². The third-order valence-electron chi connectivity index (χ3n) is 2.71. The van der Waals surface area contributed by atoms with Crippen LogP contribution in [0.5, 0.6) is 0 Å². The van der Waals surface area contributed by atoms with Gasteiger partial charge in [0.05, 0.1) is 0 Å². The van der Waals surface area contributed by atoms with Gasteiger partial charge in [-0.1, -0.05) is 6.07 Å². The fourth-order valence-corrected chi connectivity index (χ4v) is 2.33. The van der Waals surface area contributed by atoms with Gasteiger partial charge in [-0.25, -0.2) is 4.98 Å². The maximum atomic E-state index is 12.1. The topological polar surface area (TPSA) is 62.3 Å². The SMILES string of the molecule is CC(=O)c1csc(NC(=O)c2cccc(N(C)C)c2)n1. The van der Waals surface area contributed by atoms with Crippen molar-refractivity contribution in [2.45, 2.75) is 6.92 Å². The number of carbonyl (C=O) groups is 2. The first-order valence-electron chi connectivity index (χ1n) is 6.02. The smallest absolute Gasteiger partial charge is 0.257 e. The van der Waals surface area contributed by atoms with Crippen molar-refractivity contribution >= 4 is 33.8 Å². The lowest BCUT2D eigenvalue weighted by Gasteiger charge is -2.13. The molecule has 0 bridgehead atoms. The van der Waals surface area contributed by atoms with Crippen LogP contribution in [-0.2, 0) is 0 Å². The number of Topliss-reactive ketones (excluding diaryl/α,β-unsaturated/α-hetero) is 1. The Morgan fingerprint density at radius 2 is 2.05 bits per heavy atom. The summed E-state index contributed by atoms with van der Waals surface area (Å²) in [5.74, 6) is -0.352. The van der Waals surface area contributed by atoms with E-state index in [4.69, 9.17) is 0 Å². The van der Waals surface area contributed by atoms with Crippen LogP contribution < -0.4 is 10.2 Å². The summed E-state index contributed by atoms with van der Waals surface area (Å²) in [4.78, 5) is 29.3. The maximum Gasteiger partial charge on any atom is 0.257 e. The summed E-state index contributed by atoms with van der Waals surface area (Å²) in [5, 5.41) is 4.76. The van der Waals surface area contributed by atoms with Crippen LogP contribution in [0.3, 0.4) is 0 Å². The molecular weight excluding hydrogens is 274 g/mol. The van der Waals surface area contributed by atoms with Crippen molar-refractivity contribution in [3.8, 4) is 0 Å². The first kappa shape index (κ1) is 14.2. The minimum atomic E-state index is -0.238. The fraction of sp³-hybridized carbons (Fsp3) is 0.214. The van der Waals surface area contributed by atoms with Gasteiger partial charge in [0.25, 0.3) is 5.91 Å². The Kier molecular flexibility index (Phi) is 4.14. The second kappa shape index (κ2) is 5.83. The van der Waals surface area contributed by atoms with Crippen LogP contribution in [0.15, 0.2) is 29.6 Å². The second-order valence-electron chi connectivity index (χ2n) is 4.49. The fourth-order valence-electron chi connectivity index (χ4n) is 1.59. The van der Waals surface area contributed by atoms with E-state index in [1.54, 1.807) is 17.5 Å². The molecule has 1 heterocycles. The summed E-state index contributed by atoms with van der Waals surface area (Å²) in [6, 6.07) is 7.29. The second-order valence-corrected chi connectivity index (χ2v) is 5.35. The first-order valence-corrected chi connectivity index (χ1v) is 6.90. The molecule has 104 valence electrons. The van der Waals surface area contributed by atoms with E-state index in [9.17, 15) is 9.59 Å². The molecule has 0 saturated heterocycles. The van der Waals surface area contributed by atoms with Crippen molar-refractivity contribution in [2.75, 3.05) is 24.3 Å². The number of aromatic nitrogens is 1. The molecule has 0 atom stereocenters. The van der Waals surface area contributed by atoms with E-state index in [0.29, 0.717) is 16.4 Å². The Balaban J connectivity index is 2.15. The first-order chi connectivity index (χ1) is 9.47. The lowest BCUT2D eigenvalue weighted by molar-refractivity contribution is 0.100. The number of thiazole rings is 1. The van der Waals surface area contributed by atoms with Crippen LogP contribution in [0, 0.1) is 0 Å². The molecule has 0 saturated carbocycles. The highest BCUT2D eigenvalue weighted by molar-refractivity contribution is 7.14. The lowest BCUT2D eigenvalue weighted by Crippen LogP contribution is -2.14. The quantitative estimate of drug-likeness (QED) is 0.879. The highest BCUT2D eigenvalue weighted by atomic mass is 32.1.